The summed E-state index contributed by atoms with van der Waals surface area (Å²) in [6.07, 6.45) is 6.41. The highest BCUT2D eigenvalue weighted by atomic mass is 14.7. The summed E-state index contributed by atoms with van der Waals surface area (Å²) in [7, 11) is 0. The molecule has 0 saturated heterocycles. The van der Waals surface area contributed by atoms with Crippen molar-refractivity contribution >= 4 is 6.21 Å². The van der Waals surface area contributed by atoms with Crippen molar-refractivity contribution in [1.82, 2.24) is 0 Å². The smallest absolute Gasteiger partial charge is 0.0385 e. The monoisotopic (exact) mass is 181 g/mol. The molecule has 0 radical (unpaired) electrons. The van der Waals surface area contributed by atoms with Crippen LogP contribution in [0.3, 0.4) is 0 Å². The molecule has 0 saturated carbocycles. The fourth-order valence-electron chi connectivity index (χ4n) is 1.02. The molecule has 0 amide bonds. The van der Waals surface area contributed by atoms with E-state index in [-0.39, 0.29) is 0 Å². The minimum absolute atomic E-state index is 0.545. The number of aliphatic imine (C=N–C) groups is 1. The first-order valence-electron chi connectivity index (χ1n) is 5.30. The SMILES string of the molecule is CC/C=C(\N=CCC(C)C)C(C)C. The molecular formula is C12H23N. The van der Waals surface area contributed by atoms with Crippen LogP contribution in [0.4, 0.5) is 0 Å². The van der Waals surface area contributed by atoms with Gasteiger partial charge in [-0.05, 0) is 24.7 Å². The maximum atomic E-state index is 4.49. The van der Waals surface area contributed by atoms with Gasteiger partial charge in [-0.15, -0.1) is 0 Å². The molecule has 1 heteroatoms. The van der Waals surface area contributed by atoms with Crippen LogP contribution in [0.1, 0.15) is 47.5 Å². The lowest BCUT2D eigenvalue weighted by molar-refractivity contribution is 0.687. The zero-order valence-corrected chi connectivity index (χ0v) is 9.67. The Morgan fingerprint density at radius 2 is 1.85 bits per heavy atom. The Kier molecular flexibility index (Phi) is 6.56. The van der Waals surface area contributed by atoms with E-state index in [9.17, 15) is 0 Å². The highest BCUT2D eigenvalue weighted by Crippen LogP contribution is 2.11. The summed E-state index contributed by atoms with van der Waals surface area (Å²) in [5.41, 5.74) is 1.23. The Morgan fingerprint density at radius 1 is 1.23 bits per heavy atom. The average Bonchev–Trinajstić information content (AvgIpc) is 2.02. The second kappa shape index (κ2) is 6.88. The Hall–Kier alpha value is -0.590. The van der Waals surface area contributed by atoms with E-state index in [1.54, 1.807) is 0 Å². The van der Waals surface area contributed by atoms with E-state index in [1.807, 2.05) is 6.21 Å². The van der Waals surface area contributed by atoms with Crippen LogP contribution in [0.5, 0.6) is 0 Å². The Bertz CT molecular complexity index is 176. The van der Waals surface area contributed by atoms with Crippen molar-refractivity contribution in [3.8, 4) is 0 Å². The van der Waals surface area contributed by atoms with Crippen LogP contribution in [0.25, 0.3) is 0 Å². The fraction of sp³-hybridized carbons (Fsp3) is 0.750. The third kappa shape index (κ3) is 6.56. The molecule has 76 valence electrons. The lowest BCUT2D eigenvalue weighted by atomic mass is 10.1. The van der Waals surface area contributed by atoms with Crippen LogP contribution in [-0.4, -0.2) is 6.21 Å². The maximum Gasteiger partial charge on any atom is 0.0385 e. The van der Waals surface area contributed by atoms with E-state index >= 15 is 0 Å². The van der Waals surface area contributed by atoms with Crippen LogP contribution in [0.2, 0.25) is 0 Å². The van der Waals surface area contributed by atoms with E-state index in [4.69, 9.17) is 0 Å². The third-order valence-electron chi connectivity index (χ3n) is 1.82. The van der Waals surface area contributed by atoms with Crippen LogP contribution in [-0.2, 0) is 0 Å². The number of nitrogens with zero attached hydrogens (tertiary/aromatic N) is 1. The van der Waals surface area contributed by atoms with Gasteiger partial charge in [-0.3, -0.25) is 4.99 Å². The van der Waals surface area contributed by atoms with Crippen molar-refractivity contribution in [1.29, 1.82) is 0 Å². The topological polar surface area (TPSA) is 12.4 Å². The summed E-state index contributed by atoms with van der Waals surface area (Å²) in [5, 5.41) is 0. The highest BCUT2D eigenvalue weighted by molar-refractivity contribution is 5.59. The van der Waals surface area contributed by atoms with Crippen molar-refractivity contribution in [2.45, 2.75) is 47.5 Å². The molecule has 1 nitrogen and oxygen atoms in total. The Balaban J connectivity index is 4.10. The van der Waals surface area contributed by atoms with Crippen LogP contribution >= 0.6 is 0 Å². The van der Waals surface area contributed by atoms with Gasteiger partial charge < -0.3 is 0 Å². The molecule has 0 aliphatic carbocycles. The molecule has 0 bridgehead atoms. The summed E-state index contributed by atoms with van der Waals surface area (Å²) in [5.74, 6) is 1.25. The number of rotatable bonds is 5. The van der Waals surface area contributed by atoms with Gasteiger partial charge in [0.15, 0.2) is 0 Å². The fourth-order valence-corrected chi connectivity index (χ4v) is 1.02. The molecule has 0 aromatic carbocycles. The van der Waals surface area contributed by atoms with Gasteiger partial charge in [0.2, 0.25) is 0 Å². The van der Waals surface area contributed by atoms with Gasteiger partial charge in [0, 0.05) is 11.9 Å². The molecular weight excluding hydrogens is 158 g/mol. The molecule has 13 heavy (non-hydrogen) atoms. The van der Waals surface area contributed by atoms with Gasteiger partial charge in [0.1, 0.15) is 0 Å². The minimum atomic E-state index is 0.545. The van der Waals surface area contributed by atoms with Gasteiger partial charge in [-0.1, -0.05) is 40.7 Å². The van der Waals surface area contributed by atoms with Crippen LogP contribution in [0, 0.1) is 11.8 Å². The first-order valence-corrected chi connectivity index (χ1v) is 5.30. The van der Waals surface area contributed by atoms with Crippen molar-refractivity contribution in [2.75, 3.05) is 0 Å². The van der Waals surface area contributed by atoms with Crippen molar-refractivity contribution in [3.63, 3.8) is 0 Å². The zero-order valence-electron chi connectivity index (χ0n) is 9.67. The second-order valence-electron chi connectivity index (χ2n) is 4.13. The van der Waals surface area contributed by atoms with Gasteiger partial charge in [0.25, 0.3) is 0 Å². The quantitative estimate of drug-likeness (QED) is 0.567. The lowest BCUT2D eigenvalue weighted by Gasteiger charge is -2.05. The highest BCUT2D eigenvalue weighted by Gasteiger charge is 1.98. The minimum Gasteiger partial charge on any atom is -0.266 e. The van der Waals surface area contributed by atoms with Gasteiger partial charge in [-0.25, -0.2) is 0 Å². The Morgan fingerprint density at radius 3 is 2.23 bits per heavy atom. The van der Waals surface area contributed by atoms with Gasteiger partial charge in [-0.2, -0.15) is 0 Å². The Labute approximate surface area is 83.0 Å². The normalized spacial score (nSPS) is 13.6. The number of hydrogen-bond acceptors (Lipinski definition) is 1. The van der Waals surface area contributed by atoms with E-state index in [2.05, 4.69) is 45.7 Å². The molecule has 0 spiro atoms. The summed E-state index contributed by atoms with van der Waals surface area (Å²) in [6.45, 7) is 11.0. The molecule has 0 atom stereocenters. The van der Waals surface area contributed by atoms with E-state index in [1.165, 1.54) is 5.70 Å². The first kappa shape index (κ1) is 12.4. The first-order chi connectivity index (χ1) is 6.07. The van der Waals surface area contributed by atoms with Gasteiger partial charge >= 0.3 is 0 Å². The summed E-state index contributed by atoms with van der Waals surface area (Å²) in [4.78, 5) is 4.49. The van der Waals surface area contributed by atoms with Crippen LogP contribution in [0.15, 0.2) is 16.8 Å². The lowest BCUT2D eigenvalue weighted by Crippen LogP contribution is -1.93. The zero-order chi connectivity index (χ0) is 10.3. The largest absolute Gasteiger partial charge is 0.266 e. The molecule has 0 aromatic heterocycles. The maximum absolute atomic E-state index is 4.49. The van der Waals surface area contributed by atoms with E-state index in [0.717, 1.165) is 12.8 Å². The second-order valence-corrected chi connectivity index (χ2v) is 4.13. The third-order valence-corrected chi connectivity index (χ3v) is 1.82. The molecule has 0 fully saturated rings. The summed E-state index contributed by atoms with van der Waals surface area (Å²) in [6, 6.07) is 0. The number of hydrogen-bond donors (Lipinski definition) is 0. The standard InChI is InChI=1S/C12H23N/c1-6-7-12(11(4)5)13-9-8-10(2)3/h7,9-11H,6,8H2,1-5H3/b12-7-,13-9?. The predicted octanol–water partition coefficient (Wildman–Crippen LogP) is 4.05. The van der Waals surface area contributed by atoms with Crippen molar-refractivity contribution < 1.29 is 0 Å². The van der Waals surface area contributed by atoms with Crippen molar-refractivity contribution in [2.24, 2.45) is 16.8 Å². The molecule has 0 aliphatic rings. The summed E-state index contributed by atoms with van der Waals surface area (Å²) < 4.78 is 0. The summed E-state index contributed by atoms with van der Waals surface area (Å²) >= 11 is 0. The van der Waals surface area contributed by atoms with Crippen molar-refractivity contribution in [3.05, 3.63) is 11.8 Å². The molecule has 0 rings (SSSR count). The van der Waals surface area contributed by atoms with Gasteiger partial charge in [0.05, 0.1) is 0 Å². The molecule has 0 unspecified atom stereocenters. The van der Waals surface area contributed by atoms with Crippen LogP contribution < -0.4 is 0 Å². The average molecular weight is 181 g/mol. The molecule has 0 aliphatic heterocycles. The molecule has 0 aromatic rings. The van der Waals surface area contributed by atoms with E-state index < -0.39 is 0 Å². The van der Waals surface area contributed by atoms with E-state index in [0.29, 0.717) is 11.8 Å². The molecule has 0 N–H and O–H groups in total. The predicted molar refractivity (Wildman–Crippen MR) is 61.2 cm³/mol. The number of allylic oxidation sites excluding steroid dienone is 2. The molecule has 0 heterocycles.